The Kier molecular flexibility index (Phi) is 2.68. The van der Waals surface area contributed by atoms with Gasteiger partial charge in [0.1, 0.15) is 0 Å². The van der Waals surface area contributed by atoms with Crippen LogP contribution in [0.4, 0.5) is 10.6 Å². The smallest absolute Gasteiger partial charge is 0.320 e. The molecule has 0 atom stereocenters. The molecule has 0 saturated heterocycles. The molecular formula is C7H12N4O. The molecule has 66 valence electrons. The van der Waals surface area contributed by atoms with Crippen LogP contribution in [-0.2, 0) is 6.54 Å². The number of aromatic nitrogens is 2. The molecule has 1 aromatic heterocycles. The van der Waals surface area contributed by atoms with Crippen LogP contribution in [0.2, 0.25) is 0 Å². The standard InChI is InChI=1S/C7H12N4O/c1-3-11-5-4-6(10-11)9-7(12)8-2/h4-5H,3H2,1-2H3,(H2,8,9,10,12). The number of rotatable bonds is 2. The van der Waals surface area contributed by atoms with E-state index in [2.05, 4.69) is 15.7 Å². The van der Waals surface area contributed by atoms with Gasteiger partial charge in [0.05, 0.1) is 0 Å². The predicted molar refractivity (Wildman–Crippen MR) is 46.0 cm³/mol. The molecule has 1 rings (SSSR count). The zero-order valence-corrected chi connectivity index (χ0v) is 7.16. The van der Waals surface area contributed by atoms with Crippen molar-refractivity contribution in [2.75, 3.05) is 12.4 Å². The van der Waals surface area contributed by atoms with Gasteiger partial charge in [-0.2, -0.15) is 5.10 Å². The number of carbonyl (C=O) groups is 1. The zero-order valence-electron chi connectivity index (χ0n) is 7.16. The number of amides is 2. The van der Waals surface area contributed by atoms with Crippen LogP contribution >= 0.6 is 0 Å². The van der Waals surface area contributed by atoms with Crippen LogP contribution in [0.5, 0.6) is 0 Å². The molecule has 0 spiro atoms. The second kappa shape index (κ2) is 3.75. The molecule has 5 heteroatoms. The molecule has 0 unspecified atom stereocenters. The fraction of sp³-hybridized carbons (Fsp3) is 0.429. The molecule has 0 saturated carbocycles. The maximum atomic E-state index is 10.8. The Morgan fingerprint density at radius 1 is 1.75 bits per heavy atom. The topological polar surface area (TPSA) is 59.0 Å². The number of anilines is 1. The molecule has 1 heterocycles. The van der Waals surface area contributed by atoms with Crippen molar-refractivity contribution >= 4 is 11.8 Å². The summed E-state index contributed by atoms with van der Waals surface area (Å²) < 4.78 is 1.74. The van der Waals surface area contributed by atoms with Crippen molar-refractivity contribution in [3.63, 3.8) is 0 Å². The van der Waals surface area contributed by atoms with E-state index in [9.17, 15) is 4.79 Å². The Hall–Kier alpha value is -1.52. The zero-order chi connectivity index (χ0) is 8.97. The van der Waals surface area contributed by atoms with Crippen molar-refractivity contribution in [2.45, 2.75) is 13.5 Å². The highest BCUT2D eigenvalue weighted by Crippen LogP contribution is 2.00. The van der Waals surface area contributed by atoms with Gasteiger partial charge in [0.15, 0.2) is 5.82 Å². The molecule has 5 nitrogen and oxygen atoms in total. The first-order chi connectivity index (χ1) is 5.76. The van der Waals surface area contributed by atoms with Gasteiger partial charge in [-0.25, -0.2) is 4.79 Å². The second-order valence-electron chi connectivity index (χ2n) is 2.26. The average Bonchev–Trinajstić information content (AvgIpc) is 2.52. The third kappa shape index (κ3) is 1.98. The van der Waals surface area contributed by atoms with Crippen molar-refractivity contribution in [1.82, 2.24) is 15.1 Å². The van der Waals surface area contributed by atoms with E-state index in [0.717, 1.165) is 6.54 Å². The minimum atomic E-state index is -0.253. The monoisotopic (exact) mass is 168 g/mol. The number of nitrogens with zero attached hydrogens (tertiary/aromatic N) is 2. The van der Waals surface area contributed by atoms with Gasteiger partial charge in [0.2, 0.25) is 0 Å². The summed E-state index contributed by atoms with van der Waals surface area (Å²) in [6, 6.07) is 1.50. The van der Waals surface area contributed by atoms with E-state index in [1.165, 1.54) is 0 Å². The van der Waals surface area contributed by atoms with Gasteiger partial charge in [-0.05, 0) is 6.92 Å². The predicted octanol–water partition coefficient (Wildman–Crippen LogP) is 0.654. The second-order valence-corrected chi connectivity index (χ2v) is 2.26. The van der Waals surface area contributed by atoms with Gasteiger partial charge in [0.25, 0.3) is 0 Å². The van der Waals surface area contributed by atoms with E-state index in [1.807, 2.05) is 13.1 Å². The van der Waals surface area contributed by atoms with Crippen molar-refractivity contribution in [3.8, 4) is 0 Å². The summed E-state index contributed by atoms with van der Waals surface area (Å²) in [5.41, 5.74) is 0. The normalized spacial score (nSPS) is 9.50. The largest absolute Gasteiger partial charge is 0.341 e. The highest BCUT2D eigenvalue weighted by molar-refractivity contribution is 5.87. The Morgan fingerprint density at radius 3 is 3.00 bits per heavy atom. The van der Waals surface area contributed by atoms with Crippen molar-refractivity contribution in [1.29, 1.82) is 0 Å². The fourth-order valence-electron chi connectivity index (χ4n) is 0.783. The minimum absolute atomic E-state index is 0.253. The summed E-state index contributed by atoms with van der Waals surface area (Å²) in [6.45, 7) is 2.78. The maximum Gasteiger partial charge on any atom is 0.320 e. The third-order valence-corrected chi connectivity index (χ3v) is 1.43. The van der Waals surface area contributed by atoms with E-state index in [0.29, 0.717) is 5.82 Å². The van der Waals surface area contributed by atoms with Crippen LogP contribution in [0.3, 0.4) is 0 Å². The molecular weight excluding hydrogens is 156 g/mol. The van der Waals surface area contributed by atoms with Crippen LogP contribution < -0.4 is 10.6 Å². The lowest BCUT2D eigenvalue weighted by atomic mass is 10.6. The summed E-state index contributed by atoms with van der Waals surface area (Å²) >= 11 is 0. The Morgan fingerprint density at radius 2 is 2.50 bits per heavy atom. The fourth-order valence-corrected chi connectivity index (χ4v) is 0.783. The van der Waals surface area contributed by atoms with Crippen molar-refractivity contribution in [2.24, 2.45) is 0 Å². The Balaban J connectivity index is 2.58. The summed E-state index contributed by atoms with van der Waals surface area (Å²) in [4.78, 5) is 10.8. The van der Waals surface area contributed by atoms with Crippen LogP contribution in [-0.4, -0.2) is 22.9 Å². The lowest BCUT2D eigenvalue weighted by molar-refractivity contribution is 0.254. The summed E-state index contributed by atoms with van der Waals surface area (Å²) in [6.07, 6.45) is 1.81. The summed E-state index contributed by atoms with van der Waals surface area (Å²) in [5.74, 6) is 0.566. The molecule has 0 aliphatic rings. The number of hydrogen-bond donors (Lipinski definition) is 2. The van der Waals surface area contributed by atoms with Gasteiger partial charge >= 0.3 is 6.03 Å². The molecule has 0 bridgehead atoms. The molecule has 0 aromatic carbocycles. The molecule has 1 aromatic rings. The number of carbonyl (C=O) groups excluding carboxylic acids is 1. The van der Waals surface area contributed by atoms with E-state index in [-0.39, 0.29) is 6.03 Å². The van der Waals surface area contributed by atoms with Gasteiger partial charge in [-0.1, -0.05) is 0 Å². The quantitative estimate of drug-likeness (QED) is 0.681. The molecule has 12 heavy (non-hydrogen) atoms. The maximum absolute atomic E-state index is 10.8. The van der Waals surface area contributed by atoms with E-state index in [1.54, 1.807) is 17.8 Å². The Bertz CT molecular complexity index is 268. The number of aryl methyl sites for hydroxylation is 1. The first-order valence-corrected chi connectivity index (χ1v) is 3.78. The van der Waals surface area contributed by atoms with Crippen LogP contribution in [0.1, 0.15) is 6.92 Å². The molecule has 0 radical (unpaired) electrons. The molecule has 0 aliphatic carbocycles. The van der Waals surface area contributed by atoms with Crippen LogP contribution in [0.25, 0.3) is 0 Å². The third-order valence-electron chi connectivity index (χ3n) is 1.43. The molecule has 0 fully saturated rings. The summed E-state index contributed by atoms with van der Waals surface area (Å²) in [7, 11) is 1.56. The number of urea groups is 1. The average molecular weight is 168 g/mol. The Labute approximate surface area is 70.8 Å². The number of nitrogens with one attached hydrogen (secondary N) is 2. The van der Waals surface area contributed by atoms with Crippen molar-refractivity contribution in [3.05, 3.63) is 12.3 Å². The highest BCUT2D eigenvalue weighted by Gasteiger charge is 2.00. The first kappa shape index (κ1) is 8.58. The van der Waals surface area contributed by atoms with Gasteiger partial charge in [0, 0.05) is 25.9 Å². The van der Waals surface area contributed by atoms with Crippen LogP contribution in [0.15, 0.2) is 12.3 Å². The first-order valence-electron chi connectivity index (χ1n) is 3.78. The lowest BCUT2D eigenvalue weighted by Crippen LogP contribution is -2.24. The van der Waals surface area contributed by atoms with Crippen LogP contribution in [0, 0.1) is 0 Å². The summed E-state index contributed by atoms with van der Waals surface area (Å²) in [5, 5.41) is 9.07. The van der Waals surface area contributed by atoms with Gasteiger partial charge < -0.3 is 5.32 Å². The lowest BCUT2D eigenvalue weighted by Gasteiger charge is -1.98. The van der Waals surface area contributed by atoms with E-state index in [4.69, 9.17) is 0 Å². The molecule has 2 N–H and O–H groups in total. The van der Waals surface area contributed by atoms with Gasteiger partial charge in [-0.3, -0.25) is 10.00 Å². The van der Waals surface area contributed by atoms with E-state index >= 15 is 0 Å². The minimum Gasteiger partial charge on any atom is -0.341 e. The molecule has 0 aliphatic heterocycles. The van der Waals surface area contributed by atoms with E-state index < -0.39 is 0 Å². The highest BCUT2D eigenvalue weighted by atomic mass is 16.2. The van der Waals surface area contributed by atoms with Gasteiger partial charge in [-0.15, -0.1) is 0 Å². The number of hydrogen-bond acceptors (Lipinski definition) is 2. The SMILES string of the molecule is CCn1ccc(NC(=O)NC)n1. The molecule has 2 amide bonds. The van der Waals surface area contributed by atoms with Crippen molar-refractivity contribution < 1.29 is 4.79 Å².